The van der Waals surface area contributed by atoms with Crippen LogP contribution in [0.25, 0.3) is 0 Å². The first-order chi connectivity index (χ1) is 38.9. The van der Waals surface area contributed by atoms with Gasteiger partial charge in [0.25, 0.3) is 0 Å². The Labute approximate surface area is 483 Å². The maximum atomic E-state index is 13.3. The predicted molar refractivity (Wildman–Crippen MR) is 301 cm³/mol. The molecule has 5 amide bonds. The molecule has 28 heteroatoms. The minimum absolute atomic E-state index is 0.00900. The number of amides is 5. The van der Waals surface area contributed by atoms with Gasteiger partial charge in [0.2, 0.25) is 29.5 Å². The molecule has 0 aliphatic rings. The van der Waals surface area contributed by atoms with Crippen molar-refractivity contribution in [2.75, 3.05) is 167 Å². The molecule has 82 heavy (non-hydrogen) atoms. The predicted octanol–water partition coefficient (Wildman–Crippen LogP) is -1.43. The lowest BCUT2D eigenvalue weighted by Crippen LogP contribution is -2.53. The van der Waals surface area contributed by atoms with Crippen LogP contribution in [-0.4, -0.2) is 291 Å². The van der Waals surface area contributed by atoms with Gasteiger partial charge >= 0.3 is 0 Å². The van der Waals surface area contributed by atoms with Crippen molar-refractivity contribution >= 4 is 52.7 Å². The third-order valence-electron chi connectivity index (χ3n) is 13.1. The van der Waals surface area contributed by atoms with Gasteiger partial charge in [-0.2, -0.15) is 0 Å². The molecule has 0 spiro atoms. The summed E-state index contributed by atoms with van der Waals surface area (Å²) in [6.07, 6.45) is 5.78. The lowest BCUT2D eigenvalue weighted by atomic mass is 9.98. The Bertz CT molecular complexity index is 2280. The number of nitrogens with zero attached hydrogens (tertiary/aromatic N) is 12. The molecule has 2 heterocycles. The molecule has 0 aliphatic carbocycles. The number of carbonyl (C=O) groups excluding carboxylic acids is 9. The summed E-state index contributed by atoms with van der Waals surface area (Å²) in [6, 6.07) is -0.635. The van der Waals surface area contributed by atoms with Crippen molar-refractivity contribution in [1.29, 1.82) is 0 Å². The van der Waals surface area contributed by atoms with E-state index in [9.17, 15) is 43.2 Å². The fourth-order valence-electron chi connectivity index (χ4n) is 7.39. The van der Waals surface area contributed by atoms with Crippen LogP contribution in [0.2, 0.25) is 0 Å². The SMILES string of the molecule is CC(=O)CCc1cn(CCOCCNC(=O)CN(C)C(=O)CN(C)C(=O)CCOCCN(CCOCCC(=O)N(C)C)CCOCCC(=O)N(C)CC(=O)C(C)N(C)CC(=O)C(C)(C)NCCOCCn2cc(CCC(C)=O)nn2)nn1. The fraction of sp³-hybridized carbons (Fsp3) is 0.759. The van der Waals surface area contributed by atoms with Crippen LogP contribution in [0.4, 0.5) is 0 Å². The Hall–Kier alpha value is -6.01. The molecule has 0 saturated heterocycles. The normalized spacial score (nSPS) is 11.9. The van der Waals surface area contributed by atoms with Crippen LogP contribution in [0.1, 0.15) is 78.1 Å². The molecule has 28 nitrogen and oxygen atoms in total. The summed E-state index contributed by atoms with van der Waals surface area (Å²) in [5.41, 5.74) is 0.587. The first kappa shape index (κ1) is 72.1. The standard InChI is InChI=1S/C54H94N14O14/c1-42(69)12-14-45-36-67(59-57-45)24-34-81-29-19-55-49(73)40-64(10)53(77)41-65(11)52(76)18-28-80-33-23-66(21-31-78-26-16-50(74)61(6)7)22-32-79-27-17-51(75)63(9)38-47(71)44(3)62(8)39-48(72)54(4,5)56-20-30-82-35-25-68-37-46(58-60-68)15-13-43(2)70/h36-37,44,56H,12-35,38-41H2,1-11H3,(H,55,73). The highest BCUT2D eigenvalue weighted by Crippen LogP contribution is 2.09. The summed E-state index contributed by atoms with van der Waals surface area (Å²) < 4.78 is 31.9. The van der Waals surface area contributed by atoms with E-state index in [4.69, 9.17) is 23.7 Å². The molecule has 0 saturated carbocycles. The molecule has 0 fully saturated rings. The molecule has 0 radical (unpaired) electrons. The summed E-state index contributed by atoms with van der Waals surface area (Å²) in [7, 11) is 9.59. The van der Waals surface area contributed by atoms with Gasteiger partial charge in [0.15, 0.2) is 11.6 Å². The topological polar surface area (TPSA) is 305 Å². The number of rotatable bonds is 48. The van der Waals surface area contributed by atoms with E-state index >= 15 is 0 Å². The van der Waals surface area contributed by atoms with Gasteiger partial charge in [0.05, 0.1) is 148 Å². The van der Waals surface area contributed by atoms with Gasteiger partial charge in [0.1, 0.15) is 11.6 Å². The van der Waals surface area contributed by atoms with Crippen LogP contribution in [-0.2, 0) is 92.8 Å². The van der Waals surface area contributed by atoms with Crippen molar-refractivity contribution in [2.24, 2.45) is 0 Å². The number of carbonyl (C=O) groups is 9. The first-order valence-corrected chi connectivity index (χ1v) is 28.0. The average Bonchev–Trinajstić information content (AvgIpc) is 4.09. The Morgan fingerprint density at radius 2 is 0.976 bits per heavy atom. The minimum Gasteiger partial charge on any atom is -0.380 e. The van der Waals surface area contributed by atoms with Crippen molar-refractivity contribution in [1.82, 2.24) is 70.0 Å². The van der Waals surface area contributed by atoms with E-state index in [-0.39, 0.29) is 138 Å². The molecule has 0 aliphatic heterocycles. The molecule has 1 unspecified atom stereocenters. The van der Waals surface area contributed by atoms with Gasteiger partial charge in [-0.05, 0) is 54.5 Å². The average molecular weight is 1160 g/mol. The molecule has 0 aromatic carbocycles. The van der Waals surface area contributed by atoms with Gasteiger partial charge in [-0.1, -0.05) is 10.4 Å². The highest BCUT2D eigenvalue weighted by Gasteiger charge is 2.30. The molecular formula is C54H94N14O14. The largest absolute Gasteiger partial charge is 0.380 e. The van der Waals surface area contributed by atoms with E-state index in [2.05, 4.69) is 31.3 Å². The molecule has 2 rings (SSSR count). The zero-order valence-electron chi connectivity index (χ0n) is 50.6. The number of aromatic nitrogens is 6. The number of aryl methyl sites for hydroxylation is 2. The van der Waals surface area contributed by atoms with Crippen molar-refractivity contribution < 1.29 is 66.8 Å². The van der Waals surface area contributed by atoms with Gasteiger partial charge in [-0.3, -0.25) is 43.4 Å². The van der Waals surface area contributed by atoms with Crippen LogP contribution in [0.15, 0.2) is 12.4 Å². The van der Waals surface area contributed by atoms with E-state index in [1.165, 1.54) is 40.6 Å². The zero-order chi connectivity index (χ0) is 61.0. The Balaban J connectivity index is 1.68. The number of likely N-dealkylation sites (N-methyl/N-ethyl adjacent to an activating group) is 4. The van der Waals surface area contributed by atoms with Gasteiger partial charge in [0, 0.05) is 93.2 Å². The smallest absolute Gasteiger partial charge is 0.242 e. The van der Waals surface area contributed by atoms with E-state index in [1.807, 2.05) is 4.90 Å². The van der Waals surface area contributed by atoms with E-state index in [0.29, 0.717) is 91.4 Å². The van der Waals surface area contributed by atoms with Crippen molar-refractivity contribution in [3.63, 3.8) is 0 Å². The number of ketones is 4. The molecule has 0 bridgehead atoms. The lowest BCUT2D eigenvalue weighted by Gasteiger charge is -2.30. The number of ether oxygens (including phenoxy) is 5. The number of nitrogens with one attached hydrogen (secondary N) is 2. The third-order valence-corrected chi connectivity index (χ3v) is 13.1. The van der Waals surface area contributed by atoms with Crippen LogP contribution >= 0.6 is 0 Å². The molecule has 2 aromatic rings. The quantitative estimate of drug-likeness (QED) is 0.0718. The monoisotopic (exact) mass is 1160 g/mol. The zero-order valence-corrected chi connectivity index (χ0v) is 50.6. The van der Waals surface area contributed by atoms with Crippen LogP contribution < -0.4 is 10.6 Å². The Kier molecular flexibility index (Phi) is 35.4. The van der Waals surface area contributed by atoms with E-state index < -0.39 is 17.5 Å². The van der Waals surface area contributed by atoms with E-state index in [1.54, 1.807) is 82.5 Å². The maximum absolute atomic E-state index is 13.3. The molecular weight excluding hydrogens is 1070 g/mol. The second-order valence-corrected chi connectivity index (χ2v) is 20.9. The minimum atomic E-state index is -0.891. The van der Waals surface area contributed by atoms with Crippen molar-refractivity contribution in [3.05, 3.63) is 23.8 Å². The summed E-state index contributed by atoms with van der Waals surface area (Å²) >= 11 is 0. The van der Waals surface area contributed by atoms with Crippen LogP contribution in [0.5, 0.6) is 0 Å². The number of hydrogen-bond acceptors (Lipinski definition) is 21. The first-order valence-electron chi connectivity index (χ1n) is 28.0. The summed E-state index contributed by atoms with van der Waals surface area (Å²) in [6.45, 7) is 13.5. The van der Waals surface area contributed by atoms with Crippen molar-refractivity contribution in [2.45, 2.75) is 104 Å². The fourth-order valence-corrected chi connectivity index (χ4v) is 7.39. The third kappa shape index (κ3) is 32.0. The van der Waals surface area contributed by atoms with Gasteiger partial charge < -0.3 is 63.5 Å². The van der Waals surface area contributed by atoms with E-state index in [0.717, 1.165) is 11.4 Å². The molecule has 1 atom stereocenters. The van der Waals surface area contributed by atoms with Crippen LogP contribution in [0, 0.1) is 0 Å². The Morgan fingerprint density at radius 1 is 0.537 bits per heavy atom. The summed E-state index contributed by atoms with van der Waals surface area (Å²) in [5.74, 6) is -1.58. The molecule has 464 valence electrons. The molecule has 2 aromatic heterocycles. The summed E-state index contributed by atoms with van der Waals surface area (Å²) in [4.78, 5) is 121. The second kappa shape index (κ2) is 40.3. The lowest BCUT2D eigenvalue weighted by molar-refractivity contribution is -0.140. The van der Waals surface area contributed by atoms with Crippen molar-refractivity contribution in [3.8, 4) is 0 Å². The van der Waals surface area contributed by atoms with Crippen LogP contribution in [0.3, 0.4) is 0 Å². The van der Waals surface area contributed by atoms with Gasteiger partial charge in [-0.25, -0.2) is 9.36 Å². The maximum Gasteiger partial charge on any atom is 0.242 e. The Morgan fingerprint density at radius 3 is 1.45 bits per heavy atom. The number of Topliss-reactive ketones (excluding diaryl/α,β-unsaturated/α-hetero) is 4. The van der Waals surface area contributed by atoms with Gasteiger partial charge in [-0.15, -0.1) is 10.2 Å². The summed E-state index contributed by atoms with van der Waals surface area (Å²) in [5, 5.41) is 22.1. The second-order valence-electron chi connectivity index (χ2n) is 20.9. The highest BCUT2D eigenvalue weighted by atomic mass is 16.5. The highest BCUT2D eigenvalue weighted by molar-refractivity contribution is 5.92. The number of hydrogen-bond donors (Lipinski definition) is 2. The molecule has 2 N–H and O–H groups in total.